The van der Waals surface area contributed by atoms with Gasteiger partial charge in [0.1, 0.15) is 17.5 Å². The Bertz CT molecular complexity index is 1240. The van der Waals surface area contributed by atoms with Gasteiger partial charge in [-0.15, -0.1) is 0 Å². The van der Waals surface area contributed by atoms with Gasteiger partial charge < -0.3 is 10.6 Å². The number of amides is 2. The van der Waals surface area contributed by atoms with Crippen molar-refractivity contribution in [2.75, 3.05) is 15.5 Å². The highest BCUT2D eigenvalue weighted by Gasteiger charge is 2.21. The second kappa shape index (κ2) is 9.86. The van der Waals surface area contributed by atoms with E-state index in [0.29, 0.717) is 11.6 Å². The normalized spacial score (nSPS) is 11.5. The van der Waals surface area contributed by atoms with Gasteiger partial charge in [0.2, 0.25) is 5.95 Å². The predicted molar refractivity (Wildman–Crippen MR) is 124 cm³/mol. The molecule has 3 aromatic carbocycles. The third-order valence-corrected chi connectivity index (χ3v) is 4.88. The van der Waals surface area contributed by atoms with Crippen LogP contribution in [0, 0.1) is 11.6 Å². The lowest BCUT2D eigenvalue weighted by molar-refractivity contribution is 0.259. The molecule has 0 aliphatic rings. The summed E-state index contributed by atoms with van der Waals surface area (Å²) in [7, 11) is 0. The molecule has 0 aliphatic heterocycles. The van der Waals surface area contributed by atoms with E-state index in [4.69, 9.17) is 0 Å². The second-order valence-corrected chi connectivity index (χ2v) is 7.27. The molecule has 1 atom stereocenters. The van der Waals surface area contributed by atoms with Gasteiger partial charge in [0.15, 0.2) is 0 Å². The first-order valence-corrected chi connectivity index (χ1v) is 10.3. The van der Waals surface area contributed by atoms with Gasteiger partial charge >= 0.3 is 6.03 Å². The molecule has 1 unspecified atom stereocenters. The van der Waals surface area contributed by atoms with Crippen molar-refractivity contribution in [1.29, 1.82) is 0 Å². The van der Waals surface area contributed by atoms with Gasteiger partial charge in [-0.3, -0.25) is 0 Å². The Kier molecular flexibility index (Phi) is 6.54. The largest absolute Gasteiger partial charge is 0.348 e. The Morgan fingerprint density at radius 2 is 1.67 bits per heavy atom. The summed E-state index contributed by atoms with van der Waals surface area (Å²) in [5.41, 5.74) is 1.70. The highest BCUT2D eigenvalue weighted by Crippen LogP contribution is 2.27. The van der Waals surface area contributed by atoms with Crippen LogP contribution in [0.25, 0.3) is 0 Å². The van der Waals surface area contributed by atoms with E-state index in [0.717, 1.165) is 5.56 Å². The van der Waals surface area contributed by atoms with Crippen LogP contribution < -0.4 is 15.5 Å². The molecule has 6 nitrogen and oxygen atoms in total. The molecule has 0 bridgehead atoms. The molecular weight excluding hydrogens is 424 g/mol. The van der Waals surface area contributed by atoms with E-state index in [1.165, 1.54) is 53.6 Å². The van der Waals surface area contributed by atoms with Crippen molar-refractivity contribution in [3.05, 3.63) is 108 Å². The van der Waals surface area contributed by atoms with Crippen LogP contribution >= 0.6 is 0 Å². The topological polar surface area (TPSA) is 70.2 Å². The van der Waals surface area contributed by atoms with Crippen LogP contribution in [-0.2, 0) is 0 Å². The Morgan fingerprint density at radius 1 is 0.909 bits per heavy atom. The number of nitrogens with one attached hydrogen (secondary N) is 2. The maximum atomic E-state index is 14.0. The van der Waals surface area contributed by atoms with E-state index in [1.807, 2.05) is 37.3 Å². The molecule has 166 valence electrons. The number of nitrogens with zero attached hydrogens (tertiary/aromatic N) is 3. The molecule has 2 amide bonds. The van der Waals surface area contributed by atoms with Crippen molar-refractivity contribution >= 4 is 29.2 Å². The van der Waals surface area contributed by atoms with Crippen LogP contribution in [0.3, 0.4) is 0 Å². The maximum absolute atomic E-state index is 14.0. The third-order valence-electron chi connectivity index (χ3n) is 4.88. The SMILES string of the molecule is CC(Nc1nccc(N(C(=O)Nc2ccc(F)cc2)c2cccc(F)c2)n1)c1ccccc1. The number of rotatable bonds is 6. The fraction of sp³-hybridized carbons (Fsp3) is 0.0800. The maximum Gasteiger partial charge on any atom is 0.332 e. The summed E-state index contributed by atoms with van der Waals surface area (Å²) in [6, 6.07) is 21.6. The van der Waals surface area contributed by atoms with Crippen molar-refractivity contribution in [2.45, 2.75) is 13.0 Å². The minimum atomic E-state index is -0.590. The van der Waals surface area contributed by atoms with Crippen LogP contribution in [0.5, 0.6) is 0 Å². The van der Waals surface area contributed by atoms with Crippen LogP contribution in [0.4, 0.5) is 36.7 Å². The minimum Gasteiger partial charge on any atom is -0.348 e. The van der Waals surface area contributed by atoms with Crippen LogP contribution in [0.2, 0.25) is 0 Å². The molecule has 4 rings (SSSR count). The van der Waals surface area contributed by atoms with Gasteiger partial charge in [-0.05, 0) is 55.0 Å². The van der Waals surface area contributed by atoms with E-state index in [-0.39, 0.29) is 17.5 Å². The van der Waals surface area contributed by atoms with E-state index < -0.39 is 17.7 Å². The van der Waals surface area contributed by atoms with Crippen LogP contribution in [0.15, 0.2) is 91.1 Å². The summed E-state index contributed by atoms with van der Waals surface area (Å²) >= 11 is 0. The smallest absolute Gasteiger partial charge is 0.332 e. The minimum absolute atomic E-state index is 0.0860. The predicted octanol–water partition coefficient (Wildman–Crippen LogP) is 6.30. The van der Waals surface area contributed by atoms with Crippen molar-refractivity contribution in [1.82, 2.24) is 9.97 Å². The van der Waals surface area contributed by atoms with E-state index in [2.05, 4.69) is 20.6 Å². The van der Waals surface area contributed by atoms with Gasteiger partial charge in [-0.1, -0.05) is 36.4 Å². The molecule has 0 fully saturated rings. The van der Waals surface area contributed by atoms with Crippen LogP contribution in [-0.4, -0.2) is 16.0 Å². The first-order chi connectivity index (χ1) is 16.0. The van der Waals surface area contributed by atoms with Gasteiger partial charge in [-0.2, -0.15) is 4.98 Å². The molecule has 0 saturated heterocycles. The molecule has 0 radical (unpaired) electrons. The summed E-state index contributed by atoms with van der Waals surface area (Å²) in [6.45, 7) is 1.97. The van der Waals surface area contributed by atoms with E-state index >= 15 is 0 Å². The zero-order chi connectivity index (χ0) is 23.2. The molecule has 1 aromatic heterocycles. The molecule has 33 heavy (non-hydrogen) atoms. The lowest BCUT2D eigenvalue weighted by atomic mass is 10.1. The number of carbonyl (C=O) groups is 1. The highest BCUT2D eigenvalue weighted by molar-refractivity contribution is 6.06. The standard InChI is InChI=1S/C25H21F2N5O/c1-17(18-6-3-2-4-7-18)29-24-28-15-14-23(31-24)32(22-9-5-8-20(27)16-22)25(33)30-21-12-10-19(26)11-13-21/h2-17H,1H3,(H,30,33)(H,28,29,31). The highest BCUT2D eigenvalue weighted by atomic mass is 19.1. The quantitative estimate of drug-likeness (QED) is 0.366. The number of halogens is 2. The number of anilines is 4. The van der Waals surface area contributed by atoms with Gasteiger partial charge in [-0.25, -0.2) is 23.5 Å². The zero-order valence-electron chi connectivity index (χ0n) is 17.7. The fourth-order valence-corrected chi connectivity index (χ4v) is 3.24. The zero-order valence-corrected chi connectivity index (χ0v) is 17.7. The molecule has 8 heteroatoms. The average molecular weight is 445 g/mol. The molecule has 1 heterocycles. The molecule has 0 spiro atoms. The second-order valence-electron chi connectivity index (χ2n) is 7.27. The number of urea groups is 1. The molecule has 0 aliphatic carbocycles. The molecule has 0 saturated carbocycles. The average Bonchev–Trinajstić information content (AvgIpc) is 2.82. The third kappa shape index (κ3) is 5.48. The molecule has 4 aromatic rings. The Morgan fingerprint density at radius 3 is 2.39 bits per heavy atom. The van der Waals surface area contributed by atoms with Crippen molar-refractivity contribution < 1.29 is 13.6 Å². The first kappa shape index (κ1) is 21.9. The lowest BCUT2D eigenvalue weighted by Crippen LogP contribution is -2.31. The Hall–Kier alpha value is -4.33. The fourth-order valence-electron chi connectivity index (χ4n) is 3.24. The molecular formula is C25H21F2N5O. The van der Waals surface area contributed by atoms with Crippen molar-refractivity contribution in [2.24, 2.45) is 0 Å². The van der Waals surface area contributed by atoms with Crippen molar-refractivity contribution in [3.8, 4) is 0 Å². The number of hydrogen-bond donors (Lipinski definition) is 2. The summed E-state index contributed by atoms with van der Waals surface area (Å²) in [6.07, 6.45) is 1.51. The summed E-state index contributed by atoms with van der Waals surface area (Å²) in [4.78, 5) is 23.1. The lowest BCUT2D eigenvalue weighted by Gasteiger charge is -2.23. The van der Waals surface area contributed by atoms with E-state index in [1.54, 1.807) is 12.1 Å². The number of hydrogen-bond acceptors (Lipinski definition) is 4. The van der Waals surface area contributed by atoms with Gasteiger partial charge in [0.05, 0.1) is 11.7 Å². The van der Waals surface area contributed by atoms with Crippen molar-refractivity contribution in [3.63, 3.8) is 0 Å². The summed E-state index contributed by atoms with van der Waals surface area (Å²) < 4.78 is 27.2. The summed E-state index contributed by atoms with van der Waals surface area (Å²) in [5, 5.41) is 5.90. The first-order valence-electron chi connectivity index (χ1n) is 10.3. The van der Waals surface area contributed by atoms with E-state index in [9.17, 15) is 13.6 Å². The summed E-state index contributed by atoms with van der Waals surface area (Å²) in [5.74, 6) is -0.385. The monoisotopic (exact) mass is 445 g/mol. The van der Waals surface area contributed by atoms with Crippen LogP contribution in [0.1, 0.15) is 18.5 Å². The number of carbonyl (C=O) groups excluding carboxylic acids is 1. The Balaban J connectivity index is 1.64. The van der Waals surface area contributed by atoms with Gasteiger partial charge in [0.25, 0.3) is 0 Å². The number of benzene rings is 3. The number of aromatic nitrogens is 2. The Labute approximate surface area is 189 Å². The molecule has 2 N–H and O–H groups in total. The van der Waals surface area contributed by atoms with Gasteiger partial charge in [0, 0.05) is 18.0 Å².